The second kappa shape index (κ2) is 6.89. The van der Waals surface area contributed by atoms with Gasteiger partial charge in [0.15, 0.2) is 0 Å². The van der Waals surface area contributed by atoms with E-state index < -0.39 is 0 Å². The van der Waals surface area contributed by atoms with Gasteiger partial charge in [-0.1, -0.05) is 47.5 Å². The molecule has 15 heavy (non-hydrogen) atoms. The Morgan fingerprint density at radius 2 is 1.87 bits per heavy atom. The first-order valence-corrected chi connectivity index (χ1v) is 6.79. The number of hydrogen-bond donors (Lipinski definition) is 0. The predicted molar refractivity (Wildman–Crippen MR) is 71.9 cm³/mol. The Kier molecular flexibility index (Phi) is 5.77. The van der Waals surface area contributed by atoms with Gasteiger partial charge in [0, 0.05) is 24.1 Å². The van der Waals surface area contributed by atoms with Gasteiger partial charge in [0.2, 0.25) is 0 Å². The summed E-state index contributed by atoms with van der Waals surface area (Å²) in [5, 5.41) is 1.09. The molecule has 0 spiro atoms. The van der Waals surface area contributed by atoms with Crippen molar-refractivity contribution in [3.8, 4) is 0 Å². The van der Waals surface area contributed by atoms with Crippen LogP contribution in [0.2, 0.25) is 0 Å². The number of halogens is 1. The summed E-state index contributed by atoms with van der Waals surface area (Å²) in [6.45, 7) is 6.69. The van der Waals surface area contributed by atoms with Crippen molar-refractivity contribution in [1.82, 2.24) is 0 Å². The molecule has 1 nitrogen and oxygen atoms in total. The molecule has 0 bridgehead atoms. The Bertz CT molecular complexity index is 256. The SMILES string of the molecule is CCC(CBr)CN(CC)c1ccccc1. The zero-order valence-electron chi connectivity index (χ0n) is 9.62. The Balaban J connectivity index is 2.64. The zero-order chi connectivity index (χ0) is 11.1. The third kappa shape index (κ3) is 3.86. The van der Waals surface area contributed by atoms with Crippen molar-refractivity contribution in [2.24, 2.45) is 5.92 Å². The van der Waals surface area contributed by atoms with E-state index in [2.05, 4.69) is 65.0 Å². The largest absolute Gasteiger partial charge is 0.372 e. The highest BCUT2D eigenvalue weighted by molar-refractivity contribution is 9.09. The Hall–Kier alpha value is -0.500. The van der Waals surface area contributed by atoms with E-state index in [-0.39, 0.29) is 0 Å². The topological polar surface area (TPSA) is 3.24 Å². The van der Waals surface area contributed by atoms with Crippen molar-refractivity contribution in [2.45, 2.75) is 20.3 Å². The minimum atomic E-state index is 0.741. The van der Waals surface area contributed by atoms with Crippen molar-refractivity contribution in [3.05, 3.63) is 30.3 Å². The number of hydrogen-bond acceptors (Lipinski definition) is 1. The van der Waals surface area contributed by atoms with Gasteiger partial charge >= 0.3 is 0 Å². The van der Waals surface area contributed by atoms with Crippen molar-refractivity contribution >= 4 is 21.6 Å². The average molecular weight is 270 g/mol. The molecule has 1 atom stereocenters. The van der Waals surface area contributed by atoms with Crippen LogP contribution in [0.3, 0.4) is 0 Å². The van der Waals surface area contributed by atoms with Crippen LogP contribution in [0.4, 0.5) is 5.69 Å². The molecule has 0 fully saturated rings. The summed E-state index contributed by atoms with van der Waals surface area (Å²) in [5.41, 5.74) is 1.33. The van der Waals surface area contributed by atoms with Crippen molar-refractivity contribution in [2.75, 3.05) is 23.3 Å². The van der Waals surface area contributed by atoms with E-state index in [0.717, 1.165) is 24.3 Å². The standard InChI is InChI=1S/C13H20BrN/c1-3-12(10-14)11-15(4-2)13-8-6-5-7-9-13/h5-9,12H,3-4,10-11H2,1-2H3. The van der Waals surface area contributed by atoms with E-state index in [1.54, 1.807) is 0 Å². The number of para-hydroxylation sites is 1. The van der Waals surface area contributed by atoms with Crippen LogP contribution < -0.4 is 4.90 Å². The maximum absolute atomic E-state index is 3.58. The van der Waals surface area contributed by atoms with Gasteiger partial charge in [0.25, 0.3) is 0 Å². The van der Waals surface area contributed by atoms with E-state index in [4.69, 9.17) is 0 Å². The monoisotopic (exact) mass is 269 g/mol. The highest BCUT2D eigenvalue weighted by Gasteiger charge is 2.10. The molecule has 0 aliphatic heterocycles. The average Bonchev–Trinajstić information content (AvgIpc) is 2.32. The van der Waals surface area contributed by atoms with E-state index in [1.165, 1.54) is 12.1 Å². The van der Waals surface area contributed by atoms with E-state index in [9.17, 15) is 0 Å². The lowest BCUT2D eigenvalue weighted by molar-refractivity contribution is 0.560. The Morgan fingerprint density at radius 3 is 2.33 bits per heavy atom. The molecule has 0 aliphatic carbocycles. The summed E-state index contributed by atoms with van der Waals surface area (Å²) < 4.78 is 0. The van der Waals surface area contributed by atoms with Crippen molar-refractivity contribution < 1.29 is 0 Å². The lowest BCUT2D eigenvalue weighted by Gasteiger charge is -2.27. The number of rotatable bonds is 6. The van der Waals surface area contributed by atoms with Gasteiger partial charge in [0.1, 0.15) is 0 Å². The van der Waals surface area contributed by atoms with E-state index in [0.29, 0.717) is 0 Å². The van der Waals surface area contributed by atoms with Crippen LogP contribution in [0.15, 0.2) is 30.3 Å². The second-order valence-corrected chi connectivity index (χ2v) is 4.45. The van der Waals surface area contributed by atoms with Gasteiger partial charge in [-0.3, -0.25) is 0 Å². The zero-order valence-corrected chi connectivity index (χ0v) is 11.2. The maximum atomic E-state index is 3.58. The summed E-state index contributed by atoms with van der Waals surface area (Å²) in [5.74, 6) is 0.741. The smallest absolute Gasteiger partial charge is 0.0366 e. The molecular weight excluding hydrogens is 250 g/mol. The summed E-state index contributed by atoms with van der Waals surface area (Å²) in [7, 11) is 0. The van der Waals surface area contributed by atoms with Crippen LogP contribution in [0, 0.1) is 5.92 Å². The van der Waals surface area contributed by atoms with Crippen LogP contribution in [0.5, 0.6) is 0 Å². The molecule has 1 aromatic carbocycles. The van der Waals surface area contributed by atoms with Crippen LogP contribution in [-0.4, -0.2) is 18.4 Å². The molecule has 0 saturated heterocycles. The van der Waals surface area contributed by atoms with Crippen LogP contribution in [0.25, 0.3) is 0 Å². The highest BCUT2D eigenvalue weighted by atomic mass is 79.9. The van der Waals surface area contributed by atoms with Gasteiger partial charge < -0.3 is 4.90 Å². The van der Waals surface area contributed by atoms with Crippen LogP contribution >= 0.6 is 15.9 Å². The summed E-state index contributed by atoms with van der Waals surface area (Å²) in [6, 6.07) is 10.6. The molecule has 84 valence electrons. The predicted octanol–water partition coefficient (Wildman–Crippen LogP) is 3.93. The van der Waals surface area contributed by atoms with Gasteiger partial charge in [-0.2, -0.15) is 0 Å². The van der Waals surface area contributed by atoms with Crippen molar-refractivity contribution in [3.63, 3.8) is 0 Å². The molecule has 1 aromatic rings. The van der Waals surface area contributed by atoms with E-state index in [1.807, 2.05) is 0 Å². The highest BCUT2D eigenvalue weighted by Crippen LogP contribution is 2.17. The van der Waals surface area contributed by atoms with Gasteiger partial charge in [-0.25, -0.2) is 0 Å². The fourth-order valence-corrected chi connectivity index (χ4v) is 2.32. The lowest BCUT2D eigenvalue weighted by Crippen LogP contribution is -2.29. The third-order valence-electron chi connectivity index (χ3n) is 2.78. The molecule has 0 aromatic heterocycles. The van der Waals surface area contributed by atoms with Gasteiger partial charge in [0.05, 0.1) is 0 Å². The normalized spacial score (nSPS) is 12.5. The molecule has 0 N–H and O–H groups in total. The molecule has 1 rings (SSSR count). The molecule has 1 unspecified atom stereocenters. The molecule has 0 radical (unpaired) electrons. The molecule has 0 amide bonds. The number of benzene rings is 1. The van der Waals surface area contributed by atoms with Gasteiger partial charge in [-0.05, 0) is 25.0 Å². The fraction of sp³-hybridized carbons (Fsp3) is 0.538. The number of anilines is 1. The Labute approximate surface area is 102 Å². The molecular formula is C13H20BrN. The van der Waals surface area contributed by atoms with Crippen LogP contribution in [0.1, 0.15) is 20.3 Å². The minimum Gasteiger partial charge on any atom is -0.372 e. The number of alkyl halides is 1. The van der Waals surface area contributed by atoms with Gasteiger partial charge in [-0.15, -0.1) is 0 Å². The number of nitrogens with zero attached hydrogens (tertiary/aromatic N) is 1. The Morgan fingerprint density at radius 1 is 1.20 bits per heavy atom. The minimum absolute atomic E-state index is 0.741. The second-order valence-electron chi connectivity index (χ2n) is 3.80. The first kappa shape index (κ1) is 12.6. The molecule has 0 saturated carbocycles. The summed E-state index contributed by atoms with van der Waals surface area (Å²) in [4.78, 5) is 2.44. The first-order valence-electron chi connectivity index (χ1n) is 5.67. The molecule has 2 heteroatoms. The third-order valence-corrected chi connectivity index (χ3v) is 3.69. The summed E-state index contributed by atoms with van der Waals surface area (Å²) in [6.07, 6.45) is 1.23. The van der Waals surface area contributed by atoms with Crippen LogP contribution in [-0.2, 0) is 0 Å². The lowest BCUT2D eigenvalue weighted by atomic mass is 10.1. The first-order chi connectivity index (χ1) is 7.31. The maximum Gasteiger partial charge on any atom is 0.0366 e. The quantitative estimate of drug-likeness (QED) is 0.708. The van der Waals surface area contributed by atoms with E-state index >= 15 is 0 Å². The summed E-state index contributed by atoms with van der Waals surface area (Å²) >= 11 is 3.58. The molecule has 0 heterocycles. The molecule has 0 aliphatic rings. The fourth-order valence-electron chi connectivity index (χ4n) is 1.65. The van der Waals surface area contributed by atoms with Crippen molar-refractivity contribution in [1.29, 1.82) is 0 Å².